The Bertz CT molecular complexity index is 706. The van der Waals surface area contributed by atoms with E-state index in [-0.39, 0.29) is 18.9 Å². The van der Waals surface area contributed by atoms with Crippen LogP contribution < -0.4 is 21.7 Å². The highest BCUT2D eigenvalue weighted by molar-refractivity contribution is 6.30. The molecule has 0 aliphatic heterocycles. The van der Waals surface area contributed by atoms with E-state index in [1.54, 1.807) is 48.5 Å². The van der Waals surface area contributed by atoms with E-state index in [1.165, 1.54) is 0 Å². The van der Waals surface area contributed by atoms with Gasteiger partial charge in [0, 0.05) is 23.7 Å². The van der Waals surface area contributed by atoms with Gasteiger partial charge in [0.05, 0.1) is 11.4 Å². The molecule has 0 saturated carbocycles. The topological polar surface area (TPSA) is 96.2 Å². The number of hydrogen-bond acceptors (Lipinski definition) is 3. The number of hydrogen-bond donors (Lipinski definition) is 4. The van der Waals surface area contributed by atoms with Gasteiger partial charge in [0.1, 0.15) is 0 Å². The highest BCUT2D eigenvalue weighted by Crippen LogP contribution is 2.22. The monoisotopic (exact) mass is 332 g/mol. The fourth-order valence-corrected chi connectivity index (χ4v) is 2.09. The van der Waals surface area contributed by atoms with Crippen LogP contribution in [0.25, 0.3) is 0 Å². The van der Waals surface area contributed by atoms with Crippen molar-refractivity contribution in [1.82, 2.24) is 0 Å². The molecule has 0 saturated heterocycles. The Morgan fingerprint density at radius 3 is 2.30 bits per heavy atom. The first-order valence-corrected chi connectivity index (χ1v) is 7.39. The Hall–Kier alpha value is -2.57. The number of nitrogens with one attached hydrogen (secondary N) is 3. The van der Waals surface area contributed by atoms with Crippen molar-refractivity contribution in [3.63, 3.8) is 0 Å². The Labute approximate surface area is 139 Å². The second kappa shape index (κ2) is 8.17. The predicted octanol–water partition coefficient (Wildman–Crippen LogP) is 3.27. The van der Waals surface area contributed by atoms with E-state index in [0.717, 1.165) is 0 Å². The fourth-order valence-electron chi connectivity index (χ4n) is 1.90. The third-order valence-electron chi connectivity index (χ3n) is 2.90. The van der Waals surface area contributed by atoms with Crippen molar-refractivity contribution in [2.45, 2.75) is 6.42 Å². The lowest BCUT2D eigenvalue weighted by molar-refractivity contribution is -0.116. The lowest BCUT2D eigenvalue weighted by atomic mass is 10.2. The summed E-state index contributed by atoms with van der Waals surface area (Å²) in [5.74, 6) is -0.211. The van der Waals surface area contributed by atoms with E-state index in [0.29, 0.717) is 22.1 Å². The molecular formula is C16H17ClN4O2. The second-order valence-corrected chi connectivity index (χ2v) is 5.16. The van der Waals surface area contributed by atoms with Crippen molar-refractivity contribution >= 4 is 40.6 Å². The average molecular weight is 333 g/mol. The highest BCUT2D eigenvalue weighted by atomic mass is 35.5. The minimum Gasteiger partial charge on any atom is -0.330 e. The molecule has 7 heteroatoms. The van der Waals surface area contributed by atoms with Gasteiger partial charge in [0.15, 0.2) is 0 Å². The maximum atomic E-state index is 12.1. The highest BCUT2D eigenvalue weighted by Gasteiger charge is 2.09. The molecule has 23 heavy (non-hydrogen) atoms. The maximum absolute atomic E-state index is 12.1. The molecule has 0 fully saturated rings. The quantitative estimate of drug-likeness (QED) is 0.676. The second-order valence-electron chi connectivity index (χ2n) is 4.72. The van der Waals surface area contributed by atoms with Crippen LogP contribution in [0.5, 0.6) is 0 Å². The molecular weight excluding hydrogens is 316 g/mol. The van der Waals surface area contributed by atoms with Crippen LogP contribution in [0.3, 0.4) is 0 Å². The Morgan fingerprint density at radius 1 is 0.957 bits per heavy atom. The number of carbonyl (C=O) groups is 2. The van der Waals surface area contributed by atoms with Gasteiger partial charge in [0.25, 0.3) is 0 Å². The van der Waals surface area contributed by atoms with Gasteiger partial charge >= 0.3 is 6.03 Å². The maximum Gasteiger partial charge on any atom is 0.323 e. The van der Waals surface area contributed by atoms with Crippen molar-refractivity contribution in [2.24, 2.45) is 5.73 Å². The van der Waals surface area contributed by atoms with E-state index in [1.807, 2.05) is 0 Å². The molecule has 6 nitrogen and oxygen atoms in total. The van der Waals surface area contributed by atoms with Crippen molar-refractivity contribution in [3.05, 3.63) is 53.6 Å². The molecule has 5 N–H and O–H groups in total. The van der Waals surface area contributed by atoms with E-state index in [2.05, 4.69) is 16.0 Å². The molecule has 0 unspecified atom stereocenters. The van der Waals surface area contributed by atoms with Crippen LogP contribution in [0.4, 0.5) is 21.9 Å². The van der Waals surface area contributed by atoms with Gasteiger partial charge in [-0.3, -0.25) is 4.79 Å². The summed E-state index contributed by atoms with van der Waals surface area (Å²) in [4.78, 5) is 23.7. The number of benzene rings is 2. The summed E-state index contributed by atoms with van der Waals surface area (Å²) in [6.45, 7) is 0.261. The lowest BCUT2D eigenvalue weighted by Crippen LogP contribution is -2.21. The van der Waals surface area contributed by atoms with Crippen LogP contribution in [-0.2, 0) is 4.79 Å². The van der Waals surface area contributed by atoms with Gasteiger partial charge in [0.2, 0.25) is 5.91 Å². The minimum absolute atomic E-state index is 0.211. The summed E-state index contributed by atoms with van der Waals surface area (Å²) in [5.41, 5.74) is 6.91. The van der Waals surface area contributed by atoms with Crippen LogP contribution in [0.15, 0.2) is 48.5 Å². The van der Waals surface area contributed by atoms with Gasteiger partial charge in [-0.2, -0.15) is 0 Å². The number of halogens is 1. The first-order valence-electron chi connectivity index (χ1n) is 7.01. The smallest absolute Gasteiger partial charge is 0.323 e. The number of rotatable bonds is 5. The van der Waals surface area contributed by atoms with Gasteiger partial charge in [-0.1, -0.05) is 29.8 Å². The Kier molecular flexibility index (Phi) is 5.96. The lowest BCUT2D eigenvalue weighted by Gasteiger charge is -2.13. The summed E-state index contributed by atoms with van der Waals surface area (Å²) in [6.07, 6.45) is 0.211. The zero-order valence-electron chi connectivity index (χ0n) is 12.3. The summed E-state index contributed by atoms with van der Waals surface area (Å²) in [6, 6.07) is 13.3. The number of para-hydroxylation sites is 2. The van der Waals surface area contributed by atoms with E-state index < -0.39 is 6.03 Å². The Morgan fingerprint density at radius 2 is 1.65 bits per heavy atom. The molecule has 0 atom stereocenters. The molecule has 3 amide bonds. The van der Waals surface area contributed by atoms with Crippen molar-refractivity contribution in [3.8, 4) is 0 Å². The third-order valence-corrected chi connectivity index (χ3v) is 3.14. The summed E-state index contributed by atoms with van der Waals surface area (Å²) in [7, 11) is 0. The van der Waals surface area contributed by atoms with Crippen molar-refractivity contribution in [2.75, 3.05) is 22.5 Å². The number of urea groups is 1. The third kappa shape index (κ3) is 5.28. The molecule has 0 aromatic heterocycles. The fraction of sp³-hybridized carbons (Fsp3) is 0.125. The molecule has 120 valence electrons. The Balaban J connectivity index is 2.04. The first kappa shape index (κ1) is 16.8. The summed E-state index contributed by atoms with van der Waals surface area (Å²) < 4.78 is 0. The molecule has 2 aromatic rings. The molecule has 0 bridgehead atoms. The van der Waals surface area contributed by atoms with Crippen molar-refractivity contribution < 1.29 is 9.59 Å². The van der Waals surface area contributed by atoms with Crippen LogP contribution in [0, 0.1) is 0 Å². The van der Waals surface area contributed by atoms with E-state index in [4.69, 9.17) is 17.3 Å². The molecule has 2 rings (SSSR count). The minimum atomic E-state index is -0.437. The van der Waals surface area contributed by atoms with Crippen LogP contribution >= 0.6 is 11.6 Å². The standard InChI is InChI=1S/C16H17ClN4O2/c17-11-4-3-5-12(10-11)19-16(23)21-14-7-2-1-6-13(14)20-15(22)8-9-18/h1-7,10H,8-9,18H2,(H,20,22)(H2,19,21,23). The molecule has 0 heterocycles. The van der Waals surface area contributed by atoms with Crippen LogP contribution in [-0.4, -0.2) is 18.5 Å². The largest absolute Gasteiger partial charge is 0.330 e. The van der Waals surface area contributed by atoms with E-state index in [9.17, 15) is 9.59 Å². The predicted molar refractivity (Wildman–Crippen MR) is 92.8 cm³/mol. The van der Waals surface area contributed by atoms with Gasteiger partial charge in [-0.25, -0.2) is 4.79 Å². The number of amides is 3. The molecule has 0 radical (unpaired) electrons. The van der Waals surface area contributed by atoms with E-state index >= 15 is 0 Å². The molecule has 2 aromatic carbocycles. The van der Waals surface area contributed by atoms with Crippen LogP contribution in [0.1, 0.15) is 6.42 Å². The molecule has 0 aliphatic rings. The van der Waals surface area contributed by atoms with Gasteiger partial charge in [-0.05, 0) is 30.3 Å². The van der Waals surface area contributed by atoms with Gasteiger partial charge in [-0.15, -0.1) is 0 Å². The molecule has 0 aliphatic carbocycles. The number of nitrogens with two attached hydrogens (primary N) is 1. The average Bonchev–Trinajstić information content (AvgIpc) is 2.49. The SMILES string of the molecule is NCCC(=O)Nc1ccccc1NC(=O)Nc1cccc(Cl)c1. The van der Waals surface area contributed by atoms with Gasteiger partial charge < -0.3 is 21.7 Å². The zero-order chi connectivity index (χ0) is 16.7. The normalized spacial score (nSPS) is 10.0. The summed E-state index contributed by atoms with van der Waals surface area (Å²) >= 11 is 5.87. The number of anilines is 3. The first-order chi connectivity index (χ1) is 11.1. The zero-order valence-corrected chi connectivity index (χ0v) is 13.1. The molecule has 0 spiro atoms. The summed E-state index contributed by atoms with van der Waals surface area (Å²) in [5, 5.41) is 8.59. The van der Waals surface area contributed by atoms with Crippen molar-refractivity contribution in [1.29, 1.82) is 0 Å². The number of carbonyl (C=O) groups excluding carboxylic acids is 2. The van der Waals surface area contributed by atoms with Crippen LogP contribution in [0.2, 0.25) is 5.02 Å².